The summed E-state index contributed by atoms with van der Waals surface area (Å²) >= 11 is 6.65. The van der Waals surface area contributed by atoms with Gasteiger partial charge in [0.25, 0.3) is 0 Å². The van der Waals surface area contributed by atoms with E-state index >= 15 is 0 Å². The molecule has 1 saturated heterocycles. The highest BCUT2D eigenvalue weighted by Crippen LogP contribution is 2.37. The summed E-state index contributed by atoms with van der Waals surface area (Å²) in [6, 6.07) is 3.25. The fourth-order valence-corrected chi connectivity index (χ4v) is 6.65. The fourth-order valence-electron chi connectivity index (χ4n) is 3.91. The molecule has 1 amide bonds. The van der Waals surface area contributed by atoms with E-state index < -0.39 is 21.6 Å². The van der Waals surface area contributed by atoms with Gasteiger partial charge in [-0.1, -0.05) is 24.4 Å². The number of thioether (sulfide) groups is 1. The Morgan fingerprint density at radius 2 is 1.86 bits per heavy atom. The molecule has 28 heavy (non-hydrogen) atoms. The zero-order valence-corrected chi connectivity index (χ0v) is 17.4. The van der Waals surface area contributed by atoms with Crippen LogP contribution in [0, 0.1) is 0 Å². The Kier molecular flexibility index (Phi) is 6.56. The standard InChI is InChI=1S/C18H21ClF3NO3S2/c19-16-6-5-14(9-15(16)18(20,21)22)27-10-17(24)23(12-3-1-2-4-12)13-7-8-28(25,26)11-13/h5-6,9,12-13H,1-4,7-8,10-11H2. The molecule has 2 fully saturated rings. The van der Waals surface area contributed by atoms with Crippen molar-refractivity contribution in [2.75, 3.05) is 17.3 Å². The third-order valence-electron chi connectivity index (χ3n) is 5.21. The Hall–Kier alpha value is -0.930. The van der Waals surface area contributed by atoms with Crippen LogP contribution in [0.3, 0.4) is 0 Å². The van der Waals surface area contributed by atoms with E-state index in [4.69, 9.17) is 11.6 Å². The van der Waals surface area contributed by atoms with Crippen LogP contribution in [-0.4, -0.2) is 48.6 Å². The van der Waals surface area contributed by atoms with Gasteiger partial charge in [-0.2, -0.15) is 13.2 Å². The molecule has 156 valence electrons. The number of hydrogen-bond donors (Lipinski definition) is 0. The Balaban J connectivity index is 1.72. The summed E-state index contributed by atoms with van der Waals surface area (Å²) in [4.78, 5) is 14.9. The highest BCUT2D eigenvalue weighted by Gasteiger charge is 2.39. The summed E-state index contributed by atoms with van der Waals surface area (Å²) in [6.45, 7) is 0. The van der Waals surface area contributed by atoms with E-state index in [1.54, 1.807) is 4.90 Å². The zero-order valence-electron chi connectivity index (χ0n) is 15.0. The minimum Gasteiger partial charge on any atom is -0.335 e. The largest absolute Gasteiger partial charge is 0.417 e. The van der Waals surface area contributed by atoms with Gasteiger partial charge in [0, 0.05) is 17.0 Å². The first-order valence-corrected chi connectivity index (χ1v) is 12.3. The summed E-state index contributed by atoms with van der Waals surface area (Å²) in [7, 11) is -3.14. The second kappa shape index (κ2) is 8.44. The van der Waals surface area contributed by atoms with Crippen molar-refractivity contribution in [3.63, 3.8) is 0 Å². The molecule has 1 unspecified atom stereocenters. The zero-order chi connectivity index (χ0) is 20.5. The van der Waals surface area contributed by atoms with Gasteiger partial charge in [-0.05, 0) is 37.5 Å². The summed E-state index contributed by atoms with van der Waals surface area (Å²) in [5.41, 5.74) is -0.929. The van der Waals surface area contributed by atoms with Crippen LogP contribution in [0.4, 0.5) is 13.2 Å². The fraction of sp³-hybridized carbons (Fsp3) is 0.611. The van der Waals surface area contributed by atoms with Gasteiger partial charge in [0.2, 0.25) is 5.91 Å². The molecule has 2 aliphatic rings. The molecular formula is C18H21ClF3NO3S2. The maximum absolute atomic E-state index is 13.0. The molecule has 0 aromatic heterocycles. The lowest BCUT2D eigenvalue weighted by Crippen LogP contribution is -2.47. The number of hydrogen-bond acceptors (Lipinski definition) is 4. The first kappa shape index (κ1) is 21.8. The van der Waals surface area contributed by atoms with E-state index in [1.165, 1.54) is 12.1 Å². The van der Waals surface area contributed by atoms with Crippen molar-refractivity contribution in [1.82, 2.24) is 4.90 Å². The van der Waals surface area contributed by atoms with Gasteiger partial charge in [-0.3, -0.25) is 4.79 Å². The van der Waals surface area contributed by atoms with Gasteiger partial charge in [0.1, 0.15) is 0 Å². The molecule has 0 radical (unpaired) electrons. The van der Waals surface area contributed by atoms with Crippen molar-refractivity contribution in [2.45, 2.75) is 55.3 Å². The summed E-state index contributed by atoms with van der Waals surface area (Å²) in [5.74, 6) is -0.208. The lowest BCUT2D eigenvalue weighted by Gasteiger charge is -2.34. The van der Waals surface area contributed by atoms with Crippen molar-refractivity contribution < 1.29 is 26.4 Å². The van der Waals surface area contributed by atoms with E-state index in [0.717, 1.165) is 43.5 Å². The Morgan fingerprint density at radius 1 is 1.18 bits per heavy atom. The number of amides is 1. The lowest BCUT2D eigenvalue weighted by atomic mass is 10.1. The summed E-state index contributed by atoms with van der Waals surface area (Å²) < 4.78 is 62.8. The van der Waals surface area contributed by atoms with Crippen LogP contribution in [-0.2, 0) is 20.8 Å². The number of carbonyl (C=O) groups is 1. The van der Waals surface area contributed by atoms with E-state index in [-0.39, 0.29) is 40.3 Å². The molecule has 3 rings (SSSR count). The topological polar surface area (TPSA) is 54.5 Å². The number of nitrogens with zero attached hydrogens (tertiary/aromatic N) is 1. The number of halogens is 4. The van der Waals surface area contributed by atoms with Crippen LogP contribution in [0.25, 0.3) is 0 Å². The Bertz CT molecular complexity index is 839. The number of sulfone groups is 1. The third-order valence-corrected chi connectivity index (χ3v) is 8.27. The van der Waals surface area contributed by atoms with Crippen molar-refractivity contribution in [2.24, 2.45) is 0 Å². The highest BCUT2D eigenvalue weighted by molar-refractivity contribution is 8.00. The van der Waals surface area contributed by atoms with Gasteiger partial charge < -0.3 is 4.90 Å². The maximum Gasteiger partial charge on any atom is 0.417 e. The molecule has 10 heteroatoms. The maximum atomic E-state index is 13.0. The first-order chi connectivity index (χ1) is 13.1. The van der Waals surface area contributed by atoms with Crippen LogP contribution in [0.15, 0.2) is 23.1 Å². The highest BCUT2D eigenvalue weighted by atomic mass is 35.5. The number of benzene rings is 1. The van der Waals surface area contributed by atoms with Crippen LogP contribution >= 0.6 is 23.4 Å². The minimum absolute atomic E-state index is 0.0161. The molecular weight excluding hydrogens is 435 g/mol. The van der Waals surface area contributed by atoms with Gasteiger partial charge >= 0.3 is 6.18 Å². The van der Waals surface area contributed by atoms with Gasteiger partial charge in [0.05, 0.1) is 27.8 Å². The Labute approximate surface area is 171 Å². The van der Waals surface area contributed by atoms with Gasteiger partial charge in [-0.25, -0.2) is 8.42 Å². The molecule has 1 aromatic carbocycles. The van der Waals surface area contributed by atoms with Gasteiger partial charge in [0.15, 0.2) is 9.84 Å². The molecule has 0 spiro atoms. The molecule has 1 aliphatic carbocycles. The normalized spacial score (nSPS) is 22.5. The first-order valence-electron chi connectivity index (χ1n) is 9.08. The van der Waals surface area contributed by atoms with Crippen LogP contribution in [0.5, 0.6) is 0 Å². The summed E-state index contributed by atoms with van der Waals surface area (Å²) in [5, 5.41) is -0.382. The van der Waals surface area contributed by atoms with E-state index in [0.29, 0.717) is 11.3 Å². The second-order valence-corrected chi connectivity index (χ2v) is 10.9. The van der Waals surface area contributed by atoms with Crippen LogP contribution in [0.2, 0.25) is 5.02 Å². The number of rotatable bonds is 5. The average Bonchev–Trinajstić information content (AvgIpc) is 3.23. The van der Waals surface area contributed by atoms with Crippen molar-refractivity contribution in [3.05, 3.63) is 28.8 Å². The predicted molar refractivity (Wildman–Crippen MR) is 103 cm³/mol. The summed E-state index contributed by atoms with van der Waals surface area (Å²) in [6.07, 6.45) is -0.473. The van der Waals surface area contributed by atoms with Gasteiger partial charge in [-0.15, -0.1) is 11.8 Å². The van der Waals surface area contributed by atoms with E-state index in [1.807, 2.05) is 0 Å². The van der Waals surface area contributed by atoms with Crippen LogP contribution < -0.4 is 0 Å². The monoisotopic (exact) mass is 455 g/mol. The second-order valence-electron chi connectivity index (χ2n) is 7.22. The SMILES string of the molecule is O=C(CSc1ccc(Cl)c(C(F)(F)F)c1)N(C1CCCC1)C1CCS(=O)(=O)C1. The Morgan fingerprint density at radius 3 is 2.43 bits per heavy atom. The quantitative estimate of drug-likeness (QED) is 0.617. The average molecular weight is 456 g/mol. The van der Waals surface area contributed by atoms with Crippen molar-refractivity contribution in [1.29, 1.82) is 0 Å². The minimum atomic E-state index is -4.56. The molecule has 0 N–H and O–H groups in total. The number of alkyl halides is 3. The number of carbonyl (C=O) groups excluding carboxylic acids is 1. The molecule has 1 saturated carbocycles. The molecule has 4 nitrogen and oxygen atoms in total. The molecule has 0 bridgehead atoms. The van der Waals surface area contributed by atoms with Crippen LogP contribution in [0.1, 0.15) is 37.7 Å². The molecule has 1 heterocycles. The lowest BCUT2D eigenvalue weighted by molar-refractivity contribution is -0.137. The molecule has 1 aromatic rings. The van der Waals surface area contributed by atoms with E-state index in [9.17, 15) is 26.4 Å². The smallest absolute Gasteiger partial charge is 0.335 e. The van der Waals surface area contributed by atoms with E-state index in [2.05, 4.69) is 0 Å². The van der Waals surface area contributed by atoms with Crippen molar-refractivity contribution >= 4 is 39.1 Å². The predicted octanol–water partition coefficient (Wildman–Crippen LogP) is 4.41. The third kappa shape index (κ3) is 5.16. The molecule has 1 atom stereocenters. The van der Waals surface area contributed by atoms with Crippen molar-refractivity contribution in [3.8, 4) is 0 Å². The molecule has 1 aliphatic heterocycles.